The Bertz CT molecular complexity index is 313. The number of ether oxygens (including phenoxy) is 3. The topological polar surface area (TPSA) is 117 Å². The zero-order valence-corrected chi connectivity index (χ0v) is 14.9. The normalized spacial score (nSPS) is 15.1. The van der Waals surface area contributed by atoms with Gasteiger partial charge in [0.05, 0.1) is 12.7 Å². The monoisotopic (exact) mass is 351 g/mol. The lowest BCUT2D eigenvalue weighted by Crippen LogP contribution is -2.46. The fourth-order valence-electron chi connectivity index (χ4n) is 2.18. The maximum absolute atomic E-state index is 11.5. The van der Waals surface area contributed by atoms with E-state index in [0.717, 1.165) is 19.3 Å². The van der Waals surface area contributed by atoms with Crippen molar-refractivity contribution in [2.24, 2.45) is 0 Å². The molecule has 3 atom stereocenters. The van der Waals surface area contributed by atoms with Crippen molar-refractivity contribution in [1.29, 1.82) is 0 Å². The number of hydrogen-bond acceptors (Lipinski definition) is 7. The minimum atomic E-state index is -1.47. The maximum atomic E-state index is 11.5. The third-order valence-electron chi connectivity index (χ3n) is 3.68. The largest absolute Gasteiger partial charge is 0.449 e. The molecule has 1 amide bonds. The second kappa shape index (κ2) is 14.4. The van der Waals surface area contributed by atoms with E-state index in [4.69, 9.17) is 14.2 Å². The average molecular weight is 351 g/mol. The van der Waals surface area contributed by atoms with Crippen LogP contribution in [0.25, 0.3) is 0 Å². The van der Waals surface area contributed by atoms with Gasteiger partial charge in [0.15, 0.2) is 6.29 Å². The third kappa shape index (κ3) is 10.0. The molecule has 144 valence electrons. The quantitative estimate of drug-likeness (QED) is 0.270. The zero-order chi connectivity index (χ0) is 18.4. The molecule has 0 bridgehead atoms. The van der Waals surface area contributed by atoms with Gasteiger partial charge in [0.1, 0.15) is 12.2 Å². The van der Waals surface area contributed by atoms with E-state index < -0.39 is 30.7 Å². The molecule has 0 aromatic rings. The van der Waals surface area contributed by atoms with Gasteiger partial charge >= 0.3 is 6.09 Å². The molecule has 4 N–H and O–H groups in total. The first-order valence-corrected chi connectivity index (χ1v) is 8.48. The van der Waals surface area contributed by atoms with E-state index in [9.17, 15) is 20.1 Å². The Balaban J connectivity index is 3.82. The Labute approximate surface area is 144 Å². The first-order valence-electron chi connectivity index (χ1n) is 8.48. The molecule has 0 radical (unpaired) electrons. The maximum Gasteiger partial charge on any atom is 0.407 e. The number of nitrogens with one attached hydrogen (secondary N) is 1. The van der Waals surface area contributed by atoms with Crippen LogP contribution in [-0.2, 0) is 14.2 Å². The van der Waals surface area contributed by atoms with Crippen molar-refractivity contribution in [2.75, 3.05) is 27.4 Å². The van der Waals surface area contributed by atoms with E-state index >= 15 is 0 Å². The van der Waals surface area contributed by atoms with Crippen molar-refractivity contribution in [3.63, 3.8) is 0 Å². The van der Waals surface area contributed by atoms with Crippen LogP contribution >= 0.6 is 0 Å². The van der Waals surface area contributed by atoms with Crippen molar-refractivity contribution in [1.82, 2.24) is 5.32 Å². The van der Waals surface area contributed by atoms with Gasteiger partial charge < -0.3 is 34.8 Å². The third-order valence-corrected chi connectivity index (χ3v) is 3.68. The summed E-state index contributed by atoms with van der Waals surface area (Å²) in [6, 6.07) is 0. The summed E-state index contributed by atoms with van der Waals surface area (Å²) in [6.07, 6.45) is -0.272. The molecule has 0 fully saturated rings. The number of aliphatic hydroxyl groups is 3. The van der Waals surface area contributed by atoms with E-state index in [2.05, 4.69) is 12.2 Å². The SMILES string of the molecule is CCCCCCCNC(=O)OCC[C@@H](O)C(O)C(O)C(OC)OC. The molecule has 2 unspecified atom stereocenters. The Kier molecular flexibility index (Phi) is 13.9. The summed E-state index contributed by atoms with van der Waals surface area (Å²) >= 11 is 0. The number of carbonyl (C=O) groups excluding carboxylic acids is 1. The van der Waals surface area contributed by atoms with Gasteiger partial charge in [-0.2, -0.15) is 0 Å². The van der Waals surface area contributed by atoms with Crippen molar-refractivity contribution in [3.05, 3.63) is 0 Å². The van der Waals surface area contributed by atoms with Gasteiger partial charge in [0, 0.05) is 27.2 Å². The molecule has 8 heteroatoms. The molecule has 0 spiro atoms. The van der Waals surface area contributed by atoms with E-state index in [1.807, 2.05) is 0 Å². The smallest absolute Gasteiger partial charge is 0.407 e. The van der Waals surface area contributed by atoms with Crippen molar-refractivity contribution >= 4 is 6.09 Å². The van der Waals surface area contributed by atoms with E-state index in [-0.39, 0.29) is 13.0 Å². The van der Waals surface area contributed by atoms with Crippen LogP contribution in [0.5, 0.6) is 0 Å². The second-order valence-corrected chi connectivity index (χ2v) is 5.65. The molecule has 0 rings (SSSR count). The average Bonchev–Trinajstić information content (AvgIpc) is 2.58. The molecule has 0 aliphatic rings. The minimum Gasteiger partial charge on any atom is -0.449 e. The summed E-state index contributed by atoms with van der Waals surface area (Å²) in [5.74, 6) is 0. The number of amides is 1. The molecule has 0 aliphatic heterocycles. The highest BCUT2D eigenvalue weighted by Gasteiger charge is 2.31. The summed E-state index contributed by atoms with van der Waals surface area (Å²) < 4.78 is 14.5. The highest BCUT2D eigenvalue weighted by molar-refractivity contribution is 5.66. The lowest BCUT2D eigenvalue weighted by molar-refractivity contribution is -0.204. The first-order chi connectivity index (χ1) is 11.5. The second-order valence-electron chi connectivity index (χ2n) is 5.65. The highest BCUT2D eigenvalue weighted by atomic mass is 16.7. The van der Waals surface area contributed by atoms with Crippen LogP contribution in [0, 0.1) is 0 Å². The fourth-order valence-corrected chi connectivity index (χ4v) is 2.18. The lowest BCUT2D eigenvalue weighted by atomic mass is 10.1. The number of hydrogen-bond donors (Lipinski definition) is 4. The summed E-state index contributed by atoms with van der Waals surface area (Å²) in [5, 5.41) is 32.0. The summed E-state index contributed by atoms with van der Waals surface area (Å²) in [7, 11) is 2.62. The molecule has 0 aromatic heterocycles. The number of unbranched alkanes of at least 4 members (excludes halogenated alkanes) is 4. The van der Waals surface area contributed by atoms with Gasteiger partial charge in [-0.25, -0.2) is 4.79 Å². The van der Waals surface area contributed by atoms with Crippen LogP contribution in [0.2, 0.25) is 0 Å². The van der Waals surface area contributed by atoms with Gasteiger partial charge in [0.2, 0.25) is 0 Å². The first kappa shape index (κ1) is 23.1. The Morgan fingerprint density at radius 2 is 1.62 bits per heavy atom. The molecule has 0 aliphatic carbocycles. The van der Waals surface area contributed by atoms with Crippen molar-refractivity contribution in [3.8, 4) is 0 Å². The van der Waals surface area contributed by atoms with E-state index in [1.54, 1.807) is 0 Å². The van der Waals surface area contributed by atoms with E-state index in [1.165, 1.54) is 27.1 Å². The molecule has 0 aromatic carbocycles. The van der Waals surface area contributed by atoms with Crippen molar-refractivity contribution < 1.29 is 34.3 Å². The number of rotatable bonds is 14. The molecule has 0 saturated heterocycles. The summed E-state index contributed by atoms with van der Waals surface area (Å²) in [4.78, 5) is 11.5. The van der Waals surface area contributed by atoms with Crippen molar-refractivity contribution in [2.45, 2.75) is 70.1 Å². The van der Waals surface area contributed by atoms with Gasteiger partial charge in [-0.3, -0.25) is 0 Å². The predicted molar refractivity (Wildman–Crippen MR) is 88.6 cm³/mol. The number of alkyl carbamates (subject to hydrolysis) is 1. The van der Waals surface area contributed by atoms with Gasteiger partial charge in [-0.15, -0.1) is 0 Å². The van der Waals surface area contributed by atoms with Gasteiger partial charge in [-0.1, -0.05) is 32.6 Å². The molecular formula is C16H33NO7. The Hall–Kier alpha value is -0.930. The Morgan fingerprint density at radius 1 is 1.00 bits per heavy atom. The fraction of sp³-hybridized carbons (Fsp3) is 0.938. The van der Waals surface area contributed by atoms with Crippen LogP contribution in [-0.4, -0.2) is 73.4 Å². The van der Waals surface area contributed by atoms with Crippen LogP contribution < -0.4 is 5.32 Å². The molecule has 0 heterocycles. The number of aliphatic hydroxyl groups excluding tert-OH is 3. The molecular weight excluding hydrogens is 318 g/mol. The van der Waals surface area contributed by atoms with Crippen LogP contribution in [0.15, 0.2) is 0 Å². The number of carbonyl (C=O) groups is 1. The van der Waals surface area contributed by atoms with Crippen LogP contribution in [0.3, 0.4) is 0 Å². The van der Waals surface area contributed by atoms with Crippen LogP contribution in [0.1, 0.15) is 45.4 Å². The molecule has 24 heavy (non-hydrogen) atoms. The van der Waals surface area contributed by atoms with E-state index in [0.29, 0.717) is 6.54 Å². The minimum absolute atomic E-state index is 0.0116. The van der Waals surface area contributed by atoms with Crippen LogP contribution in [0.4, 0.5) is 4.79 Å². The zero-order valence-electron chi connectivity index (χ0n) is 14.9. The molecule has 8 nitrogen and oxygen atoms in total. The standard InChI is InChI=1S/C16H33NO7/c1-4-5-6-7-8-10-17-16(21)24-11-9-12(18)13(19)14(20)15(22-2)23-3/h12-15,18-20H,4-11H2,1-3H3,(H,17,21)/t12-,13?,14?/m1/s1. The summed E-state index contributed by atoms with van der Waals surface area (Å²) in [6.45, 7) is 2.62. The molecule has 0 saturated carbocycles. The number of methoxy groups -OCH3 is 2. The summed E-state index contributed by atoms with van der Waals surface area (Å²) in [5.41, 5.74) is 0. The van der Waals surface area contributed by atoms with Gasteiger partial charge in [-0.05, 0) is 6.42 Å². The lowest BCUT2D eigenvalue weighted by Gasteiger charge is -2.27. The predicted octanol–water partition coefficient (Wildman–Crippen LogP) is 0.775. The Morgan fingerprint density at radius 3 is 2.21 bits per heavy atom. The highest BCUT2D eigenvalue weighted by Crippen LogP contribution is 2.10. The van der Waals surface area contributed by atoms with Gasteiger partial charge in [0.25, 0.3) is 0 Å².